The van der Waals surface area contributed by atoms with Crippen LogP contribution in [0, 0.1) is 6.92 Å². The average Bonchev–Trinajstić information content (AvgIpc) is 2.68. The van der Waals surface area contributed by atoms with Crippen molar-refractivity contribution in [1.82, 2.24) is 15.0 Å². The first-order valence-corrected chi connectivity index (χ1v) is 8.43. The standard InChI is InChI=1S/C22H17N3O/c1-14-10-11-20(22-23-13-18-6-3-4-9-19(18)25-22)24-21(14)17-8-5-7-16(12-17)15(2)26/h3-13H,1-2H3. The quantitative estimate of drug-likeness (QED) is 0.500. The van der Waals surface area contributed by atoms with Crippen LogP contribution in [0.5, 0.6) is 0 Å². The van der Waals surface area contributed by atoms with E-state index in [9.17, 15) is 4.79 Å². The first-order valence-electron chi connectivity index (χ1n) is 8.43. The molecule has 4 aromatic rings. The van der Waals surface area contributed by atoms with Crippen LogP contribution in [0.15, 0.2) is 66.9 Å². The number of nitrogens with zero attached hydrogens (tertiary/aromatic N) is 3. The second kappa shape index (κ2) is 6.48. The summed E-state index contributed by atoms with van der Waals surface area (Å²) in [5.74, 6) is 0.631. The van der Waals surface area contributed by atoms with Crippen molar-refractivity contribution in [3.05, 3.63) is 78.0 Å². The summed E-state index contributed by atoms with van der Waals surface area (Å²) in [4.78, 5) is 25.6. The molecular weight excluding hydrogens is 322 g/mol. The molecule has 0 aliphatic rings. The third-order valence-electron chi connectivity index (χ3n) is 4.36. The topological polar surface area (TPSA) is 55.7 Å². The Morgan fingerprint density at radius 3 is 2.62 bits per heavy atom. The number of ketones is 1. The molecule has 0 N–H and O–H groups in total. The molecule has 2 aromatic carbocycles. The Bertz CT molecular complexity index is 1130. The Balaban J connectivity index is 1.83. The number of para-hydroxylation sites is 1. The second-order valence-corrected chi connectivity index (χ2v) is 6.25. The number of hydrogen-bond donors (Lipinski definition) is 0. The van der Waals surface area contributed by atoms with E-state index in [4.69, 9.17) is 4.98 Å². The lowest BCUT2D eigenvalue weighted by atomic mass is 10.0. The summed E-state index contributed by atoms with van der Waals surface area (Å²) in [6.45, 7) is 3.58. The highest BCUT2D eigenvalue weighted by molar-refractivity contribution is 5.95. The number of aromatic nitrogens is 3. The van der Waals surface area contributed by atoms with E-state index >= 15 is 0 Å². The normalized spacial score (nSPS) is 10.8. The number of pyridine rings is 1. The number of hydrogen-bond acceptors (Lipinski definition) is 4. The molecule has 0 aliphatic carbocycles. The van der Waals surface area contributed by atoms with Crippen LogP contribution < -0.4 is 0 Å². The Hall–Kier alpha value is -3.40. The van der Waals surface area contributed by atoms with Gasteiger partial charge in [-0.3, -0.25) is 4.79 Å². The largest absolute Gasteiger partial charge is 0.295 e. The van der Waals surface area contributed by atoms with Crippen LogP contribution in [-0.2, 0) is 0 Å². The Morgan fingerprint density at radius 2 is 1.77 bits per heavy atom. The number of carbonyl (C=O) groups excluding carboxylic acids is 1. The van der Waals surface area contributed by atoms with E-state index in [0.717, 1.165) is 27.7 Å². The highest BCUT2D eigenvalue weighted by atomic mass is 16.1. The van der Waals surface area contributed by atoms with Crippen molar-refractivity contribution in [2.75, 3.05) is 0 Å². The van der Waals surface area contributed by atoms with Gasteiger partial charge in [-0.2, -0.15) is 0 Å². The molecule has 0 spiro atoms. The molecule has 126 valence electrons. The van der Waals surface area contributed by atoms with Gasteiger partial charge in [0, 0.05) is 22.7 Å². The van der Waals surface area contributed by atoms with Crippen LogP contribution >= 0.6 is 0 Å². The first-order chi connectivity index (χ1) is 12.6. The summed E-state index contributed by atoms with van der Waals surface area (Å²) >= 11 is 0. The molecule has 4 rings (SSSR count). The van der Waals surface area contributed by atoms with Gasteiger partial charge in [0.15, 0.2) is 11.6 Å². The summed E-state index contributed by atoms with van der Waals surface area (Å²) < 4.78 is 0. The van der Waals surface area contributed by atoms with Crippen molar-refractivity contribution < 1.29 is 4.79 Å². The van der Waals surface area contributed by atoms with E-state index in [0.29, 0.717) is 17.1 Å². The molecule has 4 nitrogen and oxygen atoms in total. The van der Waals surface area contributed by atoms with Gasteiger partial charge in [-0.1, -0.05) is 42.5 Å². The van der Waals surface area contributed by atoms with Crippen LogP contribution in [0.25, 0.3) is 33.7 Å². The number of benzene rings is 2. The SMILES string of the molecule is CC(=O)c1cccc(-c2nc(-c3ncc4ccccc4n3)ccc2C)c1. The van der Waals surface area contributed by atoms with E-state index in [-0.39, 0.29) is 5.78 Å². The molecule has 26 heavy (non-hydrogen) atoms. The van der Waals surface area contributed by atoms with Crippen LogP contribution in [-0.4, -0.2) is 20.7 Å². The Kier molecular flexibility index (Phi) is 4.01. The summed E-state index contributed by atoms with van der Waals surface area (Å²) in [6, 6.07) is 19.4. The van der Waals surface area contributed by atoms with E-state index in [1.807, 2.05) is 73.8 Å². The average molecular weight is 339 g/mol. The molecule has 0 unspecified atom stereocenters. The van der Waals surface area contributed by atoms with Crippen molar-refractivity contribution >= 4 is 16.7 Å². The van der Waals surface area contributed by atoms with E-state index in [2.05, 4.69) is 9.97 Å². The number of Topliss-reactive ketones (excluding diaryl/α,β-unsaturated/α-hetero) is 1. The predicted molar refractivity (Wildman–Crippen MR) is 103 cm³/mol. The molecule has 0 atom stereocenters. The maximum atomic E-state index is 11.7. The predicted octanol–water partition coefficient (Wildman–Crippen LogP) is 4.87. The van der Waals surface area contributed by atoms with E-state index in [1.165, 1.54) is 0 Å². The third kappa shape index (κ3) is 2.97. The van der Waals surface area contributed by atoms with E-state index < -0.39 is 0 Å². The molecule has 0 saturated carbocycles. The maximum Gasteiger partial charge on any atom is 0.178 e. The van der Waals surface area contributed by atoms with Gasteiger partial charge in [-0.25, -0.2) is 15.0 Å². The monoisotopic (exact) mass is 339 g/mol. The fraction of sp³-hybridized carbons (Fsp3) is 0.0909. The minimum absolute atomic E-state index is 0.0403. The molecule has 0 radical (unpaired) electrons. The highest BCUT2D eigenvalue weighted by Gasteiger charge is 2.11. The van der Waals surface area contributed by atoms with Gasteiger partial charge < -0.3 is 0 Å². The van der Waals surface area contributed by atoms with Crippen LogP contribution in [0.4, 0.5) is 0 Å². The third-order valence-corrected chi connectivity index (χ3v) is 4.36. The van der Waals surface area contributed by atoms with Crippen LogP contribution in [0.2, 0.25) is 0 Å². The van der Waals surface area contributed by atoms with Crippen molar-refractivity contribution in [3.63, 3.8) is 0 Å². The fourth-order valence-corrected chi connectivity index (χ4v) is 2.93. The fourth-order valence-electron chi connectivity index (χ4n) is 2.93. The smallest absolute Gasteiger partial charge is 0.178 e. The minimum atomic E-state index is 0.0403. The van der Waals surface area contributed by atoms with Gasteiger partial charge in [0.05, 0.1) is 11.2 Å². The first kappa shape index (κ1) is 16.1. The zero-order valence-corrected chi connectivity index (χ0v) is 14.6. The molecule has 0 aliphatic heterocycles. The van der Waals surface area contributed by atoms with Gasteiger partial charge >= 0.3 is 0 Å². The van der Waals surface area contributed by atoms with Gasteiger partial charge in [0.2, 0.25) is 0 Å². The summed E-state index contributed by atoms with van der Waals surface area (Å²) in [5, 5.41) is 0.998. The van der Waals surface area contributed by atoms with Crippen molar-refractivity contribution in [2.24, 2.45) is 0 Å². The van der Waals surface area contributed by atoms with Crippen LogP contribution in [0.1, 0.15) is 22.8 Å². The molecule has 0 amide bonds. The molecular formula is C22H17N3O. The number of rotatable bonds is 3. The Morgan fingerprint density at radius 1 is 0.923 bits per heavy atom. The maximum absolute atomic E-state index is 11.7. The van der Waals surface area contributed by atoms with Crippen molar-refractivity contribution in [1.29, 1.82) is 0 Å². The number of aryl methyl sites for hydroxylation is 1. The lowest BCUT2D eigenvalue weighted by Gasteiger charge is -2.09. The lowest BCUT2D eigenvalue weighted by Crippen LogP contribution is -1.97. The lowest BCUT2D eigenvalue weighted by molar-refractivity contribution is 0.101. The second-order valence-electron chi connectivity index (χ2n) is 6.25. The van der Waals surface area contributed by atoms with Gasteiger partial charge in [0.1, 0.15) is 5.69 Å². The van der Waals surface area contributed by atoms with Crippen molar-refractivity contribution in [3.8, 4) is 22.8 Å². The molecule has 0 fully saturated rings. The number of carbonyl (C=O) groups is 1. The summed E-state index contributed by atoms with van der Waals surface area (Å²) in [6.07, 6.45) is 1.81. The van der Waals surface area contributed by atoms with Gasteiger partial charge in [-0.15, -0.1) is 0 Å². The zero-order valence-electron chi connectivity index (χ0n) is 14.6. The van der Waals surface area contributed by atoms with Crippen molar-refractivity contribution in [2.45, 2.75) is 13.8 Å². The van der Waals surface area contributed by atoms with Gasteiger partial charge in [0.25, 0.3) is 0 Å². The molecule has 2 aromatic heterocycles. The Labute approximate surface area is 151 Å². The number of fused-ring (bicyclic) bond motifs is 1. The molecule has 4 heteroatoms. The zero-order chi connectivity index (χ0) is 18.1. The summed E-state index contributed by atoms with van der Waals surface area (Å²) in [5.41, 5.74) is 5.07. The highest BCUT2D eigenvalue weighted by Crippen LogP contribution is 2.26. The minimum Gasteiger partial charge on any atom is -0.295 e. The van der Waals surface area contributed by atoms with Crippen LogP contribution in [0.3, 0.4) is 0 Å². The summed E-state index contributed by atoms with van der Waals surface area (Å²) in [7, 11) is 0. The van der Waals surface area contributed by atoms with Gasteiger partial charge in [-0.05, 0) is 37.6 Å². The molecule has 0 bridgehead atoms. The molecule has 0 saturated heterocycles. The molecule has 2 heterocycles. The van der Waals surface area contributed by atoms with E-state index in [1.54, 1.807) is 6.92 Å².